The summed E-state index contributed by atoms with van der Waals surface area (Å²) in [6.45, 7) is 3.71. The maximum atomic E-state index is 9.50. The summed E-state index contributed by atoms with van der Waals surface area (Å²) in [5.41, 5.74) is 0. The molecular formula is C4H10BaO. The topological polar surface area (TPSA) is 17.1 Å². The Bertz CT molecular complexity index is 34.5. The summed E-state index contributed by atoms with van der Waals surface area (Å²) in [4.78, 5) is 9.50. The van der Waals surface area contributed by atoms with E-state index >= 15 is 0 Å². The molecule has 0 amide bonds. The Morgan fingerprint density at radius 2 is 1.67 bits per heavy atom. The average Bonchev–Trinajstić information content (AvgIpc) is 1.38. The van der Waals surface area contributed by atoms with Gasteiger partial charge in [0.2, 0.25) is 0 Å². The minimum absolute atomic E-state index is 0. The maximum absolute atomic E-state index is 9.50. The normalized spacial score (nSPS) is 7.17. The van der Waals surface area contributed by atoms with Crippen LogP contribution in [0, 0.1) is 5.92 Å². The van der Waals surface area contributed by atoms with Gasteiger partial charge in [-0.3, -0.25) is 0 Å². The van der Waals surface area contributed by atoms with E-state index in [1.165, 1.54) is 0 Å². The third-order valence-electron chi connectivity index (χ3n) is 0.272. The number of rotatable bonds is 1. The van der Waals surface area contributed by atoms with E-state index in [1.807, 2.05) is 13.8 Å². The summed E-state index contributed by atoms with van der Waals surface area (Å²) in [5, 5.41) is 0. The summed E-state index contributed by atoms with van der Waals surface area (Å²) >= 11 is 0. The van der Waals surface area contributed by atoms with Gasteiger partial charge in [0.25, 0.3) is 0 Å². The van der Waals surface area contributed by atoms with Gasteiger partial charge in [0.05, 0.1) is 0 Å². The zero-order valence-electron chi connectivity index (χ0n) is 3.56. The Labute approximate surface area is 78.6 Å². The van der Waals surface area contributed by atoms with E-state index in [0.29, 0.717) is 0 Å². The van der Waals surface area contributed by atoms with Crippen LogP contribution in [-0.4, -0.2) is 55.2 Å². The van der Waals surface area contributed by atoms with Gasteiger partial charge < -0.3 is 4.79 Å². The molecule has 0 aliphatic rings. The van der Waals surface area contributed by atoms with Gasteiger partial charge in [-0.05, 0) is 0 Å². The molecule has 0 aliphatic carbocycles. The molecule has 0 saturated heterocycles. The summed E-state index contributed by atoms with van der Waals surface area (Å²) in [6, 6.07) is 0. The van der Waals surface area contributed by atoms with Crippen LogP contribution in [0.25, 0.3) is 0 Å². The number of aldehydes is 1. The van der Waals surface area contributed by atoms with Crippen molar-refractivity contribution in [3.05, 3.63) is 0 Å². The van der Waals surface area contributed by atoms with Gasteiger partial charge in [-0.1, -0.05) is 13.8 Å². The zero-order chi connectivity index (χ0) is 4.28. The fourth-order valence-corrected chi connectivity index (χ4v) is 0. The van der Waals surface area contributed by atoms with Crippen LogP contribution in [0.4, 0.5) is 0 Å². The van der Waals surface area contributed by atoms with E-state index in [4.69, 9.17) is 0 Å². The predicted octanol–water partition coefficient (Wildman–Crippen LogP) is -0.0749. The van der Waals surface area contributed by atoms with E-state index in [0.717, 1.165) is 6.29 Å². The van der Waals surface area contributed by atoms with Crippen molar-refractivity contribution in [1.82, 2.24) is 0 Å². The monoisotopic (exact) mass is 212 g/mol. The van der Waals surface area contributed by atoms with Crippen molar-refractivity contribution in [3.8, 4) is 0 Å². The Kier molecular flexibility index (Phi) is 10.7. The quantitative estimate of drug-likeness (QED) is 0.438. The Balaban J connectivity index is 0. The van der Waals surface area contributed by atoms with Crippen molar-refractivity contribution in [3.63, 3.8) is 0 Å². The van der Waals surface area contributed by atoms with Crippen LogP contribution in [0.15, 0.2) is 0 Å². The molecule has 0 spiro atoms. The number of carbonyl (C=O) groups excluding carboxylic acids is 1. The molecule has 0 N–H and O–H groups in total. The molecule has 0 heterocycles. The predicted molar refractivity (Wildman–Crippen MR) is 29.4 cm³/mol. The fraction of sp³-hybridized carbons (Fsp3) is 0.750. The summed E-state index contributed by atoms with van der Waals surface area (Å²) in [7, 11) is 0. The standard InChI is InChI=1S/C4H8O.Ba.2H/c1-4(2)3-5;;;/h3-4H,1-2H3;;;. The van der Waals surface area contributed by atoms with E-state index in [2.05, 4.69) is 0 Å². The van der Waals surface area contributed by atoms with Crippen molar-refractivity contribution < 1.29 is 4.79 Å². The Morgan fingerprint density at radius 1 is 1.50 bits per heavy atom. The molecule has 0 radical (unpaired) electrons. The van der Waals surface area contributed by atoms with E-state index in [-0.39, 0.29) is 54.8 Å². The Hall–Kier alpha value is 1.24. The number of carbonyl (C=O) groups is 1. The van der Waals surface area contributed by atoms with E-state index < -0.39 is 0 Å². The number of hydrogen-bond donors (Lipinski definition) is 0. The van der Waals surface area contributed by atoms with Gasteiger partial charge in [0, 0.05) is 5.92 Å². The summed E-state index contributed by atoms with van der Waals surface area (Å²) < 4.78 is 0. The molecule has 0 aliphatic heterocycles. The molecule has 0 aromatic heterocycles. The average molecular weight is 211 g/mol. The van der Waals surface area contributed by atoms with Crippen LogP contribution in [0.5, 0.6) is 0 Å². The molecule has 0 aromatic rings. The van der Waals surface area contributed by atoms with Crippen LogP contribution < -0.4 is 0 Å². The molecular weight excluding hydrogens is 201 g/mol. The zero-order valence-corrected chi connectivity index (χ0v) is 3.56. The molecule has 0 unspecified atom stereocenters. The van der Waals surface area contributed by atoms with Gasteiger partial charge in [-0.25, -0.2) is 0 Å². The minimum atomic E-state index is 0. The van der Waals surface area contributed by atoms with Crippen LogP contribution >= 0.6 is 0 Å². The van der Waals surface area contributed by atoms with Crippen molar-refractivity contribution in [2.24, 2.45) is 5.92 Å². The second-order valence-electron chi connectivity index (χ2n) is 1.38. The van der Waals surface area contributed by atoms with E-state index in [9.17, 15) is 4.79 Å². The molecule has 6 heavy (non-hydrogen) atoms. The van der Waals surface area contributed by atoms with Crippen LogP contribution in [0.1, 0.15) is 13.8 Å². The SMILES string of the molecule is CC(C)C=O.[BaH2]. The van der Waals surface area contributed by atoms with Gasteiger partial charge in [-0.2, -0.15) is 0 Å². The molecule has 0 aromatic carbocycles. The third-order valence-corrected chi connectivity index (χ3v) is 0.272. The van der Waals surface area contributed by atoms with Crippen molar-refractivity contribution in [2.45, 2.75) is 13.8 Å². The fourth-order valence-electron chi connectivity index (χ4n) is 0. The third kappa shape index (κ3) is 8.97. The summed E-state index contributed by atoms with van der Waals surface area (Å²) in [5.74, 6) is 0.204. The number of hydrogen-bond acceptors (Lipinski definition) is 1. The van der Waals surface area contributed by atoms with Crippen LogP contribution in [-0.2, 0) is 4.79 Å². The first-order valence-electron chi connectivity index (χ1n) is 1.72. The molecule has 0 saturated carbocycles. The molecule has 1 nitrogen and oxygen atoms in total. The molecule has 2 heteroatoms. The first-order valence-corrected chi connectivity index (χ1v) is 1.72. The molecule has 34 valence electrons. The van der Waals surface area contributed by atoms with E-state index in [1.54, 1.807) is 0 Å². The van der Waals surface area contributed by atoms with Gasteiger partial charge in [-0.15, -0.1) is 0 Å². The first-order chi connectivity index (χ1) is 2.27. The first kappa shape index (κ1) is 10.3. The molecule has 0 fully saturated rings. The van der Waals surface area contributed by atoms with Crippen molar-refractivity contribution in [1.29, 1.82) is 0 Å². The van der Waals surface area contributed by atoms with Crippen molar-refractivity contribution >= 4 is 55.2 Å². The van der Waals surface area contributed by atoms with Crippen LogP contribution in [0.2, 0.25) is 0 Å². The van der Waals surface area contributed by atoms with Gasteiger partial charge in [0.15, 0.2) is 0 Å². The second-order valence-corrected chi connectivity index (χ2v) is 1.38. The second kappa shape index (κ2) is 6.24. The molecule has 0 rings (SSSR count). The van der Waals surface area contributed by atoms with Crippen molar-refractivity contribution in [2.75, 3.05) is 0 Å². The van der Waals surface area contributed by atoms with Crippen LogP contribution in [0.3, 0.4) is 0 Å². The molecule has 0 bridgehead atoms. The van der Waals surface area contributed by atoms with Gasteiger partial charge in [0.1, 0.15) is 6.29 Å². The van der Waals surface area contributed by atoms with Gasteiger partial charge >= 0.3 is 48.9 Å². The molecule has 0 atom stereocenters. The Morgan fingerprint density at radius 3 is 1.67 bits per heavy atom. The summed E-state index contributed by atoms with van der Waals surface area (Å²) in [6.07, 6.45) is 0.917.